The van der Waals surface area contributed by atoms with Crippen LogP contribution in [0.15, 0.2) is 9.95 Å². The number of hydrogen-bond donors (Lipinski definition) is 1. The van der Waals surface area contributed by atoms with E-state index >= 15 is 0 Å². The van der Waals surface area contributed by atoms with Crippen LogP contribution in [0.25, 0.3) is 0 Å². The summed E-state index contributed by atoms with van der Waals surface area (Å²) < 4.78 is 1.04. The van der Waals surface area contributed by atoms with E-state index in [0.717, 1.165) is 4.68 Å². The van der Waals surface area contributed by atoms with Crippen LogP contribution in [0.2, 0.25) is 0 Å². The number of hydrogen-bond acceptors (Lipinski definition) is 5. The monoisotopic (exact) mass is 250 g/mol. The normalized spacial score (nSPS) is 10.9. The Bertz CT molecular complexity index is 399. The molecule has 2 N–H and O–H groups in total. The summed E-state index contributed by atoms with van der Waals surface area (Å²) in [5.74, 6) is 5.57. The molecule has 1 heterocycles. The van der Waals surface area contributed by atoms with Gasteiger partial charge in [-0.3, -0.25) is 4.79 Å². The standard InChI is InChI=1S/C8H14N4OS.ClH/c1-8(2,3)5-6(13)12(9)7(14-4)11-10-5;/h9H2,1-4H3;1H. The second-order valence-corrected chi connectivity index (χ2v) is 4.73. The highest BCUT2D eigenvalue weighted by Gasteiger charge is 2.22. The van der Waals surface area contributed by atoms with E-state index < -0.39 is 0 Å². The molecule has 0 bridgehead atoms. The van der Waals surface area contributed by atoms with Crippen LogP contribution < -0.4 is 11.4 Å². The molecule has 7 heteroatoms. The van der Waals surface area contributed by atoms with Gasteiger partial charge in [0, 0.05) is 5.41 Å². The largest absolute Gasteiger partial charge is 0.334 e. The molecule has 0 aliphatic carbocycles. The number of nitrogens with two attached hydrogens (primary N) is 1. The van der Waals surface area contributed by atoms with Crippen LogP contribution in [-0.4, -0.2) is 21.1 Å². The van der Waals surface area contributed by atoms with Gasteiger partial charge in [0.25, 0.3) is 5.56 Å². The lowest BCUT2D eigenvalue weighted by Crippen LogP contribution is -2.37. The lowest BCUT2D eigenvalue weighted by atomic mass is 9.93. The van der Waals surface area contributed by atoms with Gasteiger partial charge in [0.1, 0.15) is 5.69 Å². The van der Waals surface area contributed by atoms with Crippen LogP contribution in [-0.2, 0) is 5.41 Å². The lowest BCUT2D eigenvalue weighted by molar-refractivity contribution is 0.520. The fraction of sp³-hybridized carbons (Fsp3) is 0.625. The third-order valence-corrected chi connectivity index (χ3v) is 2.40. The van der Waals surface area contributed by atoms with Gasteiger partial charge in [0.15, 0.2) is 0 Å². The van der Waals surface area contributed by atoms with Gasteiger partial charge in [-0.1, -0.05) is 32.5 Å². The molecule has 1 aromatic rings. The first-order chi connectivity index (χ1) is 6.38. The Morgan fingerprint density at radius 1 is 1.33 bits per heavy atom. The average Bonchev–Trinajstić information content (AvgIpc) is 2.07. The van der Waals surface area contributed by atoms with Gasteiger partial charge in [0.2, 0.25) is 5.16 Å². The Morgan fingerprint density at radius 3 is 2.27 bits per heavy atom. The molecular formula is C8H15ClN4OS. The SMILES string of the molecule is CSc1nnc(C(C)(C)C)c(=O)n1N.Cl. The molecule has 1 aromatic heterocycles. The predicted octanol–water partition coefficient (Wildman–Crippen LogP) is 0.793. The van der Waals surface area contributed by atoms with Crippen molar-refractivity contribution in [1.29, 1.82) is 0 Å². The predicted molar refractivity (Wildman–Crippen MR) is 64.2 cm³/mol. The fourth-order valence-electron chi connectivity index (χ4n) is 0.995. The second kappa shape index (κ2) is 4.85. The third kappa shape index (κ3) is 2.85. The molecule has 1 rings (SSSR count). The quantitative estimate of drug-likeness (QED) is 0.589. The van der Waals surface area contributed by atoms with E-state index in [1.807, 2.05) is 20.8 Å². The van der Waals surface area contributed by atoms with E-state index in [4.69, 9.17) is 5.84 Å². The van der Waals surface area contributed by atoms with E-state index in [1.54, 1.807) is 6.26 Å². The minimum Gasteiger partial charge on any atom is -0.334 e. The molecule has 0 saturated carbocycles. The van der Waals surface area contributed by atoms with Crippen LogP contribution in [0.5, 0.6) is 0 Å². The van der Waals surface area contributed by atoms with Crippen molar-refractivity contribution in [2.45, 2.75) is 31.3 Å². The van der Waals surface area contributed by atoms with Gasteiger partial charge in [-0.25, -0.2) is 0 Å². The van der Waals surface area contributed by atoms with Crippen molar-refractivity contribution in [3.8, 4) is 0 Å². The maximum Gasteiger partial charge on any atom is 0.295 e. The second-order valence-electron chi connectivity index (χ2n) is 3.96. The number of nitrogens with zero attached hydrogens (tertiary/aromatic N) is 3. The van der Waals surface area contributed by atoms with Crippen molar-refractivity contribution >= 4 is 24.2 Å². The Hall–Kier alpha value is -0.750. The third-order valence-electron chi connectivity index (χ3n) is 1.76. The van der Waals surface area contributed by atoms with Crippen LogP contribution in [0.4, 0.5) is 0 Å². The van der Waals surface area contributed by atoms with E-state index in [-0.39, 0.29) is 23.4 Å². The van der Waals surface area contributed by atoms with Gasteiger partial charge in [0.05, 0.1) is 0 Å². The smallest absolute Gasteiger partial charge is 0.295 e. The first-order valence-electron chi connectivity index (χ1n) is 4.17. The zero-order chi connectivity index (χ0) is 10.9. The van der Waals surface area contributed by atoms with Crippen LogP contribution in [0.3, 0.4) is 0 Å². The maximum absolute atomic E-state index is 11.7. The topological polar surface area (TPSA) is 73.8 Å². The molecule has 0 fully saturated rings. The molecule has 0 unspecified atom stereocenters. The summed E-state index contributed by atoms with van der Waals surface area (Å²) >= 11 is 1.29. The minimum atomic E-state index is -0.331. The Kier molecular flexibility index (Phi) is 4.61. The van der Waals surface area contributed by atoms with E-state index in [9.17, 15) is 4.79 Å². The molecule has 86 valence electrons. The summed E-state index contributed by atoms with van der Waals surface area (Å²) in [6.07, 6.45) is 1.80. The van der Waals surface area contributed by atoms with Crippen molar-refractivity contribution < 1.29 is 0 Å². The Balaban J connectivity index is 0.00000196. The number of aromatic nitrogens is 3. The van der Waals surface area contributed by atoms with Crippen molar-refractivity contribution in [1.82, 2.24) is 14.9 Å². The van der Waals surface area contributed by atoms with Crippen molar-refractivity contribution in [3.63, 3.8) is 0 Å². The minimum absolute atomic E-state index is 0. The molecule has 0 amide bonds. The molecule has 0 spiro atoms. The molecule has 0 aliphatic heterocycles. The number of rotatable bonds is 1. The summed E-state index contributed by atoms with van der Waals surface area (Å²) in [5, 5.41) is 8.19. The van der Waals surface area contributed by atoms with Gasteiger partial charge >= 0.3 is 0 Å². The fourth-order valence-corrected chi connectivity index (χ4v) is 1.40. The van der Waals surface area contributed by atoms with E-state index in [2.05, 4.69) is 10.2 Å². The van der Waals surface area contributed by atoms with Gasteiger partial charge in [-0.15, -0.1) is 22.6 Å². The van der Waals surface area contributed by atoms with Gasteiger partial charge in [-0.2, -0.15) is 4.68 Å². The van der Waals surface area contributed by atoms with Crippen LogP contribution in [0.1, 0.15) is 26.5 Å². The summed E-state index contributed by atoms with van der Waals surface area (Å²) in [4.78, 5) is 11.7. The highest BCUT2D eigenvalue weighted by atomic mass is 35.5. The Morgan fingerprint density at radius 2 is 1.87 bits per heavy atom. The van der Waals surface area contributed by atoms with Gasteiger partial charge < -0.3 is 5.84 Å². The molecule has 0 aromatic carbocycles. The molecule has 0 atom stereocenters. The summed E-state index contributed by atoms with van der Waals surface area (Å²) in [7, 11) is 0. The summed E-state index contributed by atoms with van der Waals surface area (Å²) in [6.45, 7) is 5.70. The van der Waals surface area contributed by atoms with Crippen LogP contribution >= 0.6 is 24.2 Å². The summed E-state index contributed by atoms with van der Waals surface area (Å²) in [5.41, 5.74) is -0.225. The zero-order valence-electron chi connectivity index (χ0n) is 9.14. The molecule has 0 aliphatic rings. The first kappa shape index (κ1) is 14.2. The number of halogens is 1. The average molecular weight is 251 g/mol. The number of nitrogen functional groups attached to an aromatic ring is 1. The molecule has 15 heavy (non-hydrogen) atoms. The zero-order valence-corrected chi connectivity index (χ0v) is 10.8. The summed E-state index contributed by atoms with van der Waals surface area (Å²) in [6, 6.07) is 0. The first-order valence-corrected chi connectivity index (χ1v) is 5.39. The highest BCUT2D eigenvalue weighted by Crippen LogP contribution is 2.16. The van der Waals surface area contributed by atoms with Gasteiger partial charge in [-0.05, 0) is 6.26 Å². The Labute approximate surface area is 98.8 Å². The number of thioether (sulfide) groups is 1. The van der Waals surface area contributed by atoms with E-state index in [1.165, 1.54) is 11.8 Å². The van der Waals surface area contributed by atoms with Crippen LogP contribution in [0, 0.1) is 0 Å². The highest BCUT2D eigenvalue weighted by molar-refractivity contribution is 7.98. The van der Waals surface area contributed by atoms with Crippen molar-refractivity contribution in [3.05, 3.63) is 16.0 Å². The van der Waals surface area contributed by atoms with Crippen molar-refractivity contribution in [2.24, 2.45) is 0 Å². The maximum atomic E-state index is 11.7. The molecule has 0 saturated heterocycles. The molecular weight excluding hydrogens is 236 g/mol. The van der Waals surface area contributed by atoms with E-state index in [0.29, 0.717) is 10.9 Å². The molecule has 0 radical (unpaired) electrons. The van der Waals surface area contributed by atoms with Crippen molar-refractivity contribution in [2.75, 3.05) is 12.1 Å². The molecule has 5 nitrogen and oxygen atoms in total. The lowest BCUT2D eigenvalue weighted by Gasteiger charge is -2.16.